The van der Waals surface area contributed by atoms with Gasteiger partial charge in [-0.1, -0.05) is 18.2 Å². The van der Waals surface area contributed by atoms with E-state index in [2.05, 4.69) is 10.6 Å². The SMILES string of the molecule is CC=CCOC(=O)C1=C(C)NC(=O)NC1c1ccc(O)c(OC)c1. The zero-order chi connectivity index (χ0) is 17.7. The Morgan fingerprint density at radius 2 is 2.17 bits per heavy atom. The minimum Gasteiger partial charge on any atom is -0.504 e. The molecule has 24 heavy (non-hydrogen) atoms. The second-order valence-electron chi connectivity index (χ2n) is 5.17. The average Bonchev–Trinajstić information content (AvgIpc) is 2.54. The van der Waals surface area contributed by atoms with Crippen molar-refractivity contribution in [2.45, 2.75) is 19.9 Å². The van der Waals surface area contributed by atoms with E-state index in [1.807, 2.05) is 6.92 Å². The maximum Gasteiger partial charge on any atom is 0.338 e. The molecule has 1 aromatic carbocycles. The van der Waals surface area contributed by atoms with Gasteiger partial charge in [0.15, 0.2) is 11.5 Å². The number of carbonyl (C=O) groups excluding carboxylic acids is 2. The van der Waals surface area contributed by atoms with Crippen LogP contribution >= 0.6 is 0 Å². The number of carbonyl (C=O) groups is 2. The predicted octanol–water partition coefficient (Wildman–Crippen LogP) is 2.15. The third-order valence-corrected chi connectivity index (χ3v) is 3.57. The molecular formula is C17H20N2O5. The van der Waals surface area contributed by atoms with Crippen LogP contribution < -0.4 is 15.4 Å². The van der Waals surface area contributed by atoms with Crippen LogP contribution in [0.1, 0.15) is 25.5 Å². The lowest BCUT2D eigenvalue weighted by Gasteiger charge is -2.28. The highest BCUT2D eigenvalue weighted by molar-refractivity contribution is 5.95. The molecule has 1 aliphatic rings. The lowest BCUT2D eigenvalue weighted by Crippen LogP contribution is -2.45. The van der Waals surface area contributed by atoms with Crippen molar-refractivity contribution in [2.24, 2.45) is 0 Å². The Morgan fingerprint density at radius 1 is 1.42 bits per heavy atom. The molecule has 1 atom stereocenters. The Labute approximate surface area is 140 Å². The number of phenols is 1. The summed E-state index contributed by atoms with van der Waals surface area (Å²) in [5, 5.41) is 15.0. The van der Waals surface area contributed by atoms with Gasteiger partial charge in [-0.2, -0.15) is 0 Å². The summed E-state index contributed by atoms with van der Waals surface area (Å²) >= 11 is 0. The van der Waals surface area contributed by atoms with Gasteiger partial charge in [-0.05, 0) is 31.5 Å². The summed E-state index contributed by atoms with van der Waals surface area (Å²) in [6, 6.07) is 3.50. The van der Waals surface area contributed by atoms with Gasteiger partial charge in [0, 0.05) is 5.70 Å². The summed E-state index contributed by atoms with van der Waals surface area (Å²) in [5.41, 5.74) is 1.31. The number of phenolic OH excluding ortho intramolecular Hbond substituents is 1. The van der Waals surface area contributed by atoms with Crippen molar-refractivity contribution in [2.75, 3.05) is 13.7 Å². The monoisotopic (exact) mass is 332 g/mol. The fourth-order valence-corrected chi connectivity index (χ4v) is 2.39. The Kier molecular flexibility index (Phi) is 5.47. The normalized spacial score (nSPS) is 17.5. The largest absolute Gasteiger partial charge is 0.504 e. The number of nitrogens with one attached hydrogen (secondary N) is 2. The molecule has 7 heteroatoms. The van der Waals surface area contributed by atoms with Crippen molar-refractivity contribution in [3.63, 3.8) is 0 Å². The first-order valence-corrected chi connectivity index (χ1v) is 7.41. The van der Waals surface area contributed by atoms with E-state index in [1.165, 1.54) is 13.2 Å². The first-order valence-electron chi connectivity index (χ1n) is 7.41. The maximum atomic E-state index is 12.4. The Balaban J connectivity index is 2.39. The van der Waals surface area contributed by atoms with Crippen LogP contribution in [0.5, 0.6) is 11.5 Å². The number of hydrogen-bond acceptors (Lipinski definition) is 5. The van der Waals surface area contributed by atoms with E-state index in [-0.39, 0.29) is 18.1 Å². The zero-order valence-electron chi connectivity index (χ0n) is 13.8. The maximum absolute atomic E-state index is 12.4. The fraction of sp³-hybridized carbons (Fsp3) is 0.294. The number of allylic oxidation sites excluding steroid dienone is 2. The number of benzene rings is 1. The van der Waals surface area contributed by atoms with Gasteiger partial charge in [0.2, 0.25) is 0 Å². The molecule has 1 unspecified atom stereocenters. The molecule has 0 aliphatic carbocycles. The first-order chi connectivity index (χ1) is 11.5. The molecule has 1 heterocycles. The number of aromatic hydroxyl groups is 1. The molecule has 0 saturated carbocycles. The van der Waals surface area contributed by atoms with Crippen LogP contribution in [-0.2, 0) is 9.53 Å². The number of amides is 2. The molecule has 128 valence electrons. The number of urea groups is 1. The molecule has 0 bridgehead atoms. The van der Waals surface area contributed by atoms with E-state index in [0.29, 0.717) is 16.8 Å². The molecule has 0 spiro atoms. The van der Waals surface area contributed by atoms with Crippen LogP contribution in [0.4, 0.5) is 4.79 Å². The van der Waals surface area contributed by atoms with Gasteiger partial charge in [-0.25, -0.2) is 9.59 Å². The molecule has 0 saturated heterocycles. The standard InChI is InChI=1S/C17H20N2O5/c1-4-5-8-24-16(21)14-10(2)18-17(22)19-15(14)11-6-7-12(20)13(9-11)23-3/h4-7,9,15,20H,8H2,1-3H3,(H2,18,19,22). The molecule has 1 aliphatic heterocycles. The summed E-state index contributed by atoms with van der Waals surface area (Å²) in [6.07, 6.45) is 3.49. The highest BCUT2D eigenvalue weighted by atomic mass is 16.5. The van der Waals surface area contributed by atoms with E-state index >= 15 is 0 Å². The van der Waals surface area contributed by atoms with Gasteiger partial charge < -0.3 is 25.2 Å². The van der Waals surface area contributed by atoms with E-state index in [0.717, 1.165) is 0 Å². The van der Waals surface area contributed by atoms with Crippen LogP contribution in [0.2, 0.25) is 0 Å². The van der Waals surface area contributed by atoms with E-state index in [9.17, 15) is 14.7 Å². The highest BCUT2D eigenvalue weighted by Crippen LogP contribution is 2.33. The molecule has 0 radical (unpaired) electrons. The molecule has 2 amide bonds. The topological polar surface area (TPSA) is 96.9 Å². The van der Waals surface area contributed by atoms with Crippen molar-refractivity contribution in [3.8, 4) is 11.5 Å². The molecular weight excluding hydrogens is 312 g/mol. The summed E-state index contributed by atoms with van der Waals surface area (Å²) in [6.45, 7) is 3.60. The smallest absolute Gasteiger partial charge is 0.338 e. The van der Waals surface area contributed by atoms with Crippen molar-refractivity contribution >= 4 is 12.0 Å². The van der Waals surface area contributed by atoms with E-state index in [4.69, 9.17) is 9.47 Å². The van der Waals surface area contributed by atoms with Gasteiger partial charge >= 0.3 is 12.0 Å². The summed E-state index contributed by atoms with van der Waals surface area (Å²) in [7, 11) is 1.42. The summed E-state index contributed by atoms with van der Waals surface area (Å²) < 4.78 is 10.3. The number of ether oxygens (including phenoxy) is 2. The predicted molar refractivity (Wildman–Crippen MR) is 87.5 cm³/mol. The van der Waals surface area contributed by atoms with Crippen molar-refractivity contribution in [1.82, 2.24) is 10.6 Å². The van der Waals surface area contributed by atoms with Gasteiger partial charge in [-0.15, -0.1) is 0 Å². The zero-order valence-corrected chi connectivity index (χ0v) is 13.8. The summed E-state index contributed by atoms with van der Waals surface area (Å²) in [4.78, 5) is 24.2. The Morgan fingerprint density at radius 3 is 2.83 bits per heavy atom. The lowest BCUT2D eigenvalue weighted by atomic mass is 9.95. The minimum atomic E-state index is -0.702. The molecule has 1 aromatic rings. The number of rotatable bonds is 5. The summed E-state index contributed by atoms with van der Waals surface area (Å²) in [5.74, 6) is -0.311. The third-order valence-electron chi connectivity index (χ3n) is 3.57. The van der Waals surface area contributed by atoms with Crippen LogP contribution in [0.15, 0.2) is 41.6 Å². The number of methoxy groups -OCH3 is 1. The number of esters is 1. The number of hydrogen-bond donors (Lipinski definition) is 3. The molecule has 0 aromatic heterocycles. The van der Waals surface area contributed by atoms with Gasteiger partial charge in [0.25, 0.3) is 0 Å². The molecule has 0 fully saturated rings. The molecule has 3 N–H and O–H groups in total. The van der Waals surface area contributed by atoms with E-state index < -0.39 is 18.0 Å². The third kappa shape index (κ3) is 3.68. The van der Waals surface area contributed by atoms with Crippen molar-refractivity contribution in [3.05, 3.63) is 47.2 Å². The van der Waals surface area contributed by atoms with Crippen LogP contribution in [0, 0.1) is 0 Å². The fourth-order valence-electron chi connectivity index (χ4n) is 2.39. The van der Waals surface area contributed by atoms with Crippen molar-refractivity contribution < 1.29 is 24.2 Å². The lowest BCUT2D eigenvalue weighted by molar-refractivity contribution is -0.138. The Hall–Kier alpha value is -2.96. The molecule has 7 nitrogen and oxygen atoms in total. The second-order valence-corrected chi connectivity index (χ2v) is 5.17. The van der Waals surface area contributed by atoms with Crippen molar-refractivity contribution in [1.29, 1.82) is 0 Å². The minimum absolute atomic E-state index is 0.0283. The highest BCUT2D eigenvalue weighted by Gasteiger charge is 2.32. The first kappa shape index (κ1) is 17.4. The molecule has 2 rings (SSSR count). The van der Waals surface area contributed by atoms with Crippen LogP contribution in [0.25, 0.3) is 0 Å². The van der Waals surface area contributed by atoms with Crippen LogP contribution in [0.3, 0.4) is 0 Å². The second kappa shape index (κ2) is 7.54. The van der Waals surface area contributed by atoms with Gasteiger partial charge in [0.1, 0.15) is 6.61 Å². The van der Waals surface area contributed by atoms with Crippen LogP contribution in [-0.4, -0.2) is 30.8 Å². The van der Waals surface area contributed by atoms with Gasteiger partial charge in [-0.3, -0.25) is 0 Å². The van der Waals surface area contributed by atoms with Gasteiger partial charge in [0.05, 0.1) is 18.7 Å². The Bertz CT molecular complexity index is 709. The quantitative estimate of drug-likeness (QED) is 0.567. The van der Waals surface area contributed by atoms with E-state index in [1.54, 1.807) is 31.2 Å². The average molecular weight is 332 g/mol.